The fraction of sp³-hybridized carbons (Fsp3) is 0.176. The zero-order valence-electron chi connectivity index (χ0n) is 14.0. The number of amides is 2. The van der Waals surface area contributed by atoms with Crippen LogP contribution in [0.4, 0.5) is 20.6 Å². The molecule has 7 nitrogen and oxygen atoms in total. The molecule has 0 aliphatic rings. The first-order valence-electron chi connectivity index (χ1n) is 7.62. The van der Waals surface area contributed by atoms with Gasteiger partial charge in [0.2, 0.25) is 5.95 Å². The number of aromatic nitrogens is 4. The quantitative estimate of drug-likeness (QED) is 0.765. The van der Waals surface area contributed by atoms with Gasteiger partial charge in [-0.15, -0.1) is 0 Å². The number of hydrogen-bond donors (Lipinski definition) is 2. The summed E-state index contributed by atoms with van der Waals surface area (Å²) in [6.45, 7) is 5.75. The van der Waals surface area contributed by atoms with Crippen molar-refractivity contribution in [2.24, 2.45) is 0 Å². The molecule has 1 aromatic carbocycles. The van der Waals surface area contributed by atoms with Gasteiger partial charge in [0.15, 0.2) is 0 Å². The second-order valence-electron chi connectivity index (χ2n) is 5.52. The van der Waals surface area contributed by atoms with Crippen LogP contribution in [0.3, 0.4) is 0 Å². The number of urea groups is 1. The van der Waals surface area contributed by atoms with Crippen molar-refractivity contribution >= 4 is 17.4 Å². The lowest BCUT2D eigenvalue weighted by Gasteiger charge is -2.09. The number of imidazole rings is 1. The topological polar surface area (TPSA) is 84.7 Å². The highest BCUT2D eigenvalue weighted by atomic mass is 19.1. The van der Waals surface area contributed by atoms with Gasteiger partial charge in [-0.2, -0.15) is 0 Å². The Kier molecular flexibility index (Phi) is 4.42. The van der Waals surface area contributed by atoms with E-state index in [0.29, 0.717) is 17.3 Å². The lowest BCUT2D eigenvalue weighted by Crippen LogP contribution is -2.19. The highest BCUT2D eigenvalue weighted by Gasteiger charge is 2.12. The molecule has 3 rings (SSSR count). The molecule has 2 amide bonds. The maximum atomic E-state index is 12.9. The molecule has 3 aromatic rings. The summed E-state index contributed by atoms with van der Waals surface area (Å²) in [5, 5.41) is 5.22. The maximum Gasteiger partial charge on any atom is 0.323 e. The zero-order valence-corrected chi connectivity index (χ0v) is 14.0. The third kappa shape index (κ3) is 3.63. The van der Waals surface area contributed by atoms with E-state index in [-0.39, 0.29) is 5.82 Å². The van der Waals surface area contributed by atoms with Crippen molar-refractivity contribution in [3.63, 3.8) is 0 Å². The highest BCUT2D eigenvalue weighted by molar-refractivity contribution is 5.99. The number of halogens is 1. The van der Waals surface area contributed by atoms with Gasteiger partial charge in [-0.1, -0.05) is 0 Å². The summed E-state index contributed by atoms with van der Waals surface area (Å²) in [6.07, 6.45) is 3.03. The van der Waals surface area contributed by atoms with Gasteiger partial charge < -0.3 is 10.6 Å². The van der Waals surface area contributed by atoms with Gasteiger partial charge >= 0.3 is 6.03 Å². The van der Waals surface area contributed by atoms with Crippen LogP contribution in [0.15, 0.2) is 36.7 Å². The van der Waals surface area contributed by atoms with Crippen LogP contribution < -0.4 is 10.6 Å². The summed E-state index contributed by atoms with van der Waals surface area (Å²) >= 11 is 0. The Labute approximate surface area is 144 Å². The van der Waals surface area contributed by atoms with E-state index >= 15 is 0 Å². The number of nitrogens with one attached hydrogen (secondary N) is 2. The molecular weight excluding hydrogens is 323 g/mol. The van der Waals surface area contributed by atoms with E-state index < -0.39 is 6.03 Å². The van der Waals surface area contributed by atoms with Crippen molar-refractivity contribution in [3.8, 4) is 5.95 Å². The van der Waals surface area contributed by atoms with Crippen molar-refractivity contribution in [3.05, 3.63) is 59.7 Å². The number of nitrogens with zero attached hydrogens (tertiary/aromatic N) is 4. The van der Waals surface area contributed by atoms with Crippen LogP contribution in [0.25, 0.3) is 5.95 Å². The molecule has 0 saturated heterocycles. The SMILES string of the molecule is Cc1nc(C)n(-c2ncc(NC(=O)Nc3ccc(F)cc3)cn2)c1C. The number of anilines is 2. The minimum atomic E-state index is -0.464. The Morgan fingerprint density at radius 1 is 1.00 bits per heavy atom. The molecule has 2 aromatic heterocycles. The first kappa shape index (κ1) is 16.6. The lowest BCUT2D eigenvalue weighted by molar-refractivity contribution is 0.262. The molecule has 0 aliphatic heterocycles. The largest absolute Gasteiger partial charge is 0.323 e. The van der Waals surface area contributed by atoms with Crippen molar-refractivity contribution < 1.29 is 9.18 Å². The van der Waals surface area contributed by atoms with Crippen LogP contribution in [0.1, 0.15) is 17.2 Å². The van der Waals surface area contributed by atoms with Gasteiger partial charge in [-0.3, -0.25) is 4.57 Å². The van der Waals surface area contributed by atoms with Crippen LogP contribution >= 0.6 is 0 Å². The van der Waals surface area contributed by atoms with Crippen molar-refractivity contribution in [1.82, 2.24) is 19.5 Å². The summed E-state index contributed by atoms with van der Waals surface area (Å²) in [6, 6.07) is 5.02. The predicted octanol–water partition coefficient (Wildman–Crippen LogP) is 3.37. The van der Waals surface area contributed by atoms with E-state index in [2.05, 4.69) is 25.6 Å². The van der Waals surface area contributed by atoms with E-state index in [9.17, 15) is 9.18 Å². The molecule has 0 saturated carbocycles. The van der Waals surface area contributed by atoms with Crippen LogP contribution in [-0.4, -0.2) is 25.6 Å². The summed E-state index contributed by atoms with van der Waals surface area (Å²) in [4.78, 5) is 24.9. The fourth-order valence-electron chi connectivity index (χ4n) is 2.40. The normalized spacial score (nSPS) is 10.6. The molecule has 128 valence electrons. The first-order chi connectivity index (χ1) is 11.9. The molecule has 0 aliphatic carbocycles. The molecule has 2 N–H and O–H groups in total. The number of hydrogen-bond acceptors (Lipinski definition) is 4. The summed E-state index contributed by atoms with van der Waals surface area (Å²) < 4.78 is 14.7. The molecule has 0 bridgehead atoms. The second-order valence-corrected chi connectivity index (χ2v) is 5.52. The minimum absolute atomic E-state index is 0.365. The summed E-state index contributed by atoms with van der Waals surface area (Å²) in [5.41, 5.74) is 2.81. The average molecular weight is 340 g/mol. The maximum absolute atomic E-state index is 12.9. The Hall–Kier alpha value is -3.29. The standard InChI is InChI=1S/C17H17FN6O/c1-10-11(2)24(12(3)21-10)16-19-8-15(9-20-16)23-17(25)22-14-6-4-13(18)5-7-14/h4-9H,1-3H3,(H2,22,23,25). The van der Waals surface area contributed by atoms with Gasteiger partial charge in [-0.25, -0.2) is 24.1 Å². The Morgan fingerprint density at radius 2 is 1.60 bits per heavy atom. The average Bonchev–Trinajstić information content (AvgIpc) is 2.83. The van der Waals surface area contributed by atoms with E-state index in [4.69, 9.17) is 0 Å². The predicted molar refractivity (Wildman–Crippen MR) is 92.4 cm³/mol. The van der Waals surface area contributed by atoms with Crippen LogP contribution in [-0.2, 0) is 0 Å². The van der Waals surface area contributed by atoms with Crippen molar-refractivity contribution in [1.29, 1.82) is 0 Å². The fourth-order valence-corrected chi connectivity index (χ4v) is 2.40. The van der Waals surface area contributed by atoms with Gasteiger partial charge in [0.25, 0.3) is 0 Å². The molecule has 8 heteroatoms. The molecule has 0 spiro atoms. The molecule has 25 heavy (non-hydrogen) atoms. The molecular formula is C17H17FN6O. The second kappa shape index (κ2) is 6.68. The van der Waals surface area contributed by atoms with Gasteiger partial charge in [0.05, 0.1) is 23.8 Å². The van der Waals surface area contributed by atoms with E-state index in [1.807, 2.05) is 25.3 Å². The van der Waals surface area contributed by atoms with E-state index in [1.165, 1.54) is 36.7 Å². The molecule has 0 radical (unpaired) electrons. The number of aryl methyl sites for hydroxylation is 2. The third-order valence-corrected chi connectivity index (χ3v) is 3.71. The Bertz CT molecular complexity index is 902. The summed E-state index contributed by atoms with van der Waals surface area (Å²) in [7, 11) is 0. The monoisotopic (exact) mass is 340 g/mol. The van der Waals surface area contributed by atoms with Gasteiger partial charge in [-0.05, 0) is 45.0 Å². The van der Waals surface area contributed by atoms with Gasteiger partial charge in [0, 0.05) is 11.4 Å². The zero-order chi connectivity index (χ0) is 18.0. The molecule has 0 atom stereocenters. The number of carbonyl (C=O) groups excluding carboxylic acids is 1. The minimum Gasteiger partial charge on any atom is -0.308 e. The molecule has 0 fully saturated rings. The number of carbonyl (C=O) groups is 1. The van der Waals surface area contributed by atoms with Crippen LogP contribution in [0.5, 0.6) is 0 Å². The summed E-state index contributed by atoms with van der Waals surface area (Å²) in [5.74, 6) is 0.917. The van der Waals surface area contributed by atoms with Crippen LogP contribution in [0, 0.1) is 26.6 Å². The molecule has 2 heterocycles. The van der Waals surface area contributed by atoms with Crippen molar-refractivity contribution in [2.45, 2.75) is 20.8 Å². The van der Waals surface area contributed by atoms with Crippen molar-refractivity contribution in [2.75, 3.05) is 10.6 Å². The first-order valence-corrected chi connectivity index (χ1v) is 7.62. The Balaban J connectivity index is 1.70. The number of benzene rings is 1. The van der Waals surface area contributed by atoms with E-state index in [0.717, 1.165) is 17.2 Å². The highest BCUT2D eigenvalue weighted by Crippen LogP contribution is 2.15. The van der Waals surface area contributed by atoms with E-state index in [1.54, 1.807) is 0 Å². The lowest BCUT2D eigenvalue weighted by atomic mass is 10.3. The smallest absolute Gasteiger partial charge is 0.308 e. The third-order valence-electron chi connectivity index (χ3n) is 3.71. The van der Waals surface area contributed by atoms with Crippen LogP contribution in [0.2, 0.25) is 0 Å². The molecule has 0 unspecified atom stereocenters. The Morgan fingerprint density at radius 3 is 2.16 bits per heavy atom. The van der Waals surface area contributed by atoms with Gasteiger partial charge in [0.1, 0.15) is 11.6 Å². The number of rotatable bonds is 3.